The van der Waals surface area contributed by atoms with Gasteiger partial charge in [0.15, 0.2) is 11.5 Å². The first-order valence-electron chi connectivity index (χ1n) is 8.85. The lowest BCUT2D eigenvalue weighted by atomic mass is 10.1. The van der Waals surface area contributed by atoms with E-state index >= 15 is 0 Å². The van der Waals surface area contributed by atoms with Gasteiger partial charge in [0.1, 0.15) is 13.2 Å². The second-order valence-corrected chi connectivity index (χ2v) is 7.18. The zero-order chi connectivity index (χ0) is 19.3. The molecule has 1 N–H and O–H groups in total. The molecule has 5 nitrogen and oxygen atoms in total. The van der Waals surface area contributed by atoms with Crippen molar-refractivity contribution >= 4 is 23.4 Å². The van der Waals surface area contributed by atoms with Crippen LogP contribution in [-0.4, -0.2) is 26.2 Å². The van der Waals surface area contributed by atoms with E-state index in [-0.39, 0.29) is 5.91 Å². The molecule has 1 aliphatic heterocycles. The van der Waals surface area contributed by atoms with Crippen molar-refractivity contribution in [2.75, 3.05) is 25.6 Å². The number of rotatable bonds is 5. The number of ether oxygens (including phenoxy) is 3. The number of amides is 1. The Balaban J connectivity index is 1.59. The first-order chi connectivity index (χ1) is 13.7. The number of carbonyl (C=O) groups is 1. The number of anilines is 1. The van der Waals surface area contributed by atoms with E-state index in [4.69, 9.17) is 14.2 Å². The molecule has 1 heterocycles. The molecule has 0 atom stereocenters. The Morgan fingerprint density at radius 2 is 1.75 bits per heavy atom. The molecule has 3 aromatic carbocycles. The Hall–Kier alpha value is -3.12. The Bertz CT molecular complexity index is 974. The normalized spacial score (nSPS) is 12.3. The summed E-state index contributed by atoms with van der Waals surface area (Å²) in [5.74, 6) is 1.29. The summed E-state index contributed by atoms with van der Waals surface area (Å²) in [6, 6.07) is 21.1. The maximum Gasteiger partial charge on any atom is 0.255 e. The van der Waals surface area contributed by atoms with Crippen LogP contribution in [0.15, 0.2) is 76.5 Å². The van der Waals surface area contributed by atoms with Gasteiger partial charge in [0.25, 0.3) is 5.91 Å². The minimum absolute atomic E-state index is 0.239. The van der Waals surface area contributed by atoms with Gasteiger partial charge in [-0.25, -0.2) is 0 Å². The molecule has 0 fully saturated rings. The van der Waals surface area contributed by atoms with E-state index in [2.05, 4.69) is 5.32 Å². The predicted molar refractivity (Wildman–Crippen MR) is 109 cm³/mol. The highest BCUT2D eigenvalue weighted by Crippen LogP contribution is 2.41. The summed E-state index contributed by atoms with van der Waals surface area (Å²) < 4.78 is 16.6. The minimum Gasteiger partial charge on any atom is -0.493 e. The Morgan fingerprint density at radius 1 is 1.00 bits per heavy atom. The highest BCUT2D eigenvalue weighted by molar-refractivity contribution is 7.99. The summed E-state index contributed by atoms with van der Waals surface area (Å²) in [7, 11) is 1.54. The lowest BCUT2D eigenvalue weighted by Crippen LogP contribution is -2.18. The number of hydrogen-bond acceptors (Lipinski definition) is 5. The third kappa shape index (κ3) is 3.92. The van der Waals surface area contributed by atoms with Gasteiger partial charge in [-0.3, -0.25) is 4.79 Å². The van der Waals surface area contributed by atoms with E-state index in [1.807, 2.05) is 54.6 Å². The van der Waals surface area contributed by atoms with Crippen molar-refractivity contribution in [1.29, 1.82) is 0 Å². The van der Waals surface area contributed by atoms with Crippen LogP contribution in [0.25, 0.3) is 0 Å². The lowest BCUT2D eigenvalue weighted by molar-refractivity contribution is 0.102. The van der Waals surface area contributed by atoms with Crippen molar-refractivity contribution in [3.63, 3.8) is 0 Å². The molecule has 1 aliphatic rings. The average molecular weight is 393 g/mol. The van der Waals surface area contributed by atoms with Crippen molar-refractivity contribution in [3.05, 3.63) is 72.3 Å². The van der Waals surface area contributed by atoms with Crippen LogP contribution in [0, 0.1) is 0 Å². The Labute approximate surface area is 167 Å². The molecule has 6 heteroatoms. The highest BCUT2D eigenvalue weighted by atomic mass is 32.2. The summed E-state index contributed by atoms with van der Waals surface area (Å²) in [4.78, 5) is 15.0. The van der Waals surface area contributed by atoms with Crippen molar-refractivity contribution in [2.45, 2.75) is 9.79 Å². The SMILES string of the molecule is COc1cc(C(=O)Nc2ccccc2Sc2ccccc2)cc2c1OCCO2. The zero-order valence-electron chi connectivity index (χ0n) is 15.3. The van der Waals surface area contributed by atoms with Gasteiger partial charge in [-0.2, -0.15) is 0 Å². The smallest absolute Gasteiger partial charge is 0.255 e. The van der Waals surface area contributed by atoms with Crippen molar-refractivity contribution in [3.8, 4) is 17.2 Å². The molecular formula is C22H19NO4S. The third-order valence-electron chi connectivity index (χ3n) is 4.20. The highest BCUT2D eigenvalue weighted by Gasteiger charge is 2.21. The number of nitrogens with one attached hydrogen (secondary N) is 1. The Kier molecular flexibility index (Phi) is 5.39. The van der Waals surface area contributed by atoms with Gasteiger partial charge in [0, 0.05) is 15.4 Å². The minimum atomic E-state index is -0.239. The molecule has 4 rings (SSSR count). The molecule has 1 amide bonds. The lowest BCUT2D eigenvalue weighted by Gasteiger charge is -2.21. The molecule has 3 aromatic rings. The van der Waals surface area contributed by atoms with Gasteiger partial charge < -0.3 is 19.5 Å². The number of hydrogen-bond donors (Lipinski definition) is 1. The third-order valence-corrected chi connectivity index (χ3v) is 5.28. The standard InChI is InChI=1S/C22H19NO4S/c1-25-18-13-15(14-19-21(18)27-12-11-26-19)22(24)23-17-9-5-6-10-20(17)28-16-7-3-2-4-8-16/h2-10,13-14H,11-12H2,1H3,(H,23,24). The van der Waals surface area contributed by atoms with Crippen LogP contribution in [0.5, 0.6) is 17.2 Å². The second-order valence-electron chi connectivity index (χ2n) is 6.07. The van der Waals surface area contributed by atoms with E-state index in [1.54, 1.807) is 31.0 Å². The first kappa shape index (κ1) is 18.3. The van der Waals surface area contributed by atoms with Gasteiger partial charge in [0.2, 0.25) is 5.75 Å². The fourth-order valence-electron chi connectivity index (χ4n) is 2.87. The molecule has 142 valence electrons. The monoisotopic (exact) mass is 393 g/mol. The largest absolute Gasteiger partial charge is 0.493 e. The van der Waals surface area contributed by atoms with E-state index in [0.717, 1.165) is 15.5 Å². The summed E-state index contributed by atoms with van der Waals surface area (Å²) in [5, 5.41) is 2.99. The summed E-state index contributed by atoms with van der Waals surface area (Å²) in [6.07, 6.45) is 0. The molecule has 0 saturated heterocycles. The van der Waals surface area contributed by atoms with Crippen LogP contribution in [0.4, 0.5) is 5.69 Å². The van der Waals surface area contributed by atoms with Crippen molar-refractivity contribution in [1.82, 2.24) is 0 Å². The maximum absolute atomic E-state index is 12.9. The summed E-state index contributed by atoms with van der Waals surface area (Å²) in [5.41, 5.74) is 1.19. The van der Waals surface area contributed by atoms with E-state index in [0.29, 0.717) is 36.0 Å². The molecule has 0 bridgehead atoms. The van der Waals surface area contributed by atoms with Crippen LogP contribution in [-0.2, 0) is 0 Å². The van der Waals surface area contributed by atoms with Crippen LogP contribution in [0.1, 0.15) is 10.4 Å². The van der Waals surface area contributed by atoms with Crippen LogP contribution in [0.2, 0.25) is 0 Å². The topological polar surface area (TPSA) is 56.8 Å². The number of para-hydroxylation sites is 1. The van der Waals surface area contributed by atoms with Gasteiger partial charge in [-0.15, -0.1) is 0 Å². The molecular weight excluding hydrogens is 374 g/mol. The van der Waals surface area contributed by atoms with Crippen LogP contribution >= 0.6 is 11.8 Å². The van der Waals surface area contributed by atoms with E-state index in [9.17, 15) is 4.79 Å². The van der Waals surface area contributed by atoms with Gasteiger partial charge in [-0.05, 0) is 36.4 Å². The predicted octanol–water partition coefficient (Wildman–Crippen LogP) is 4.87. The molecule has 0 unspecified atom stereocenters. The van der Waals surface area contributed by atoms with E-state index < -0.39 is 0 Å². The Morgan fingerprint density at radius 3 is 2.57 bits per heavy atom. The summed E-state index contributed by atoms with van der Waals surface area (Å²) in [6.45, 7) is 0.900. The zero-order valence-corrected chi connectivity index (χ0v) is 16.1. The maximum atomic E-state index is 12.9. The van der Waals surface area contributed by atoms with E-state index in [1.165, 1.54) is 0 Å². The number of benzene rings is 3. The van der Waals surface area contributed by atoms with Gasteiger partial charge >= 0.3 is 0 Å². The fraction of sp³-hybridized carbons (Fsp3) is 0.136. The fourth-order valence-corrected chi connectivity index (χ4v) is 3.80. The number of methoxy groups -OCH3 is 1. The van der Waals surface area contributed by atoms with Crippen LogP contribution in [0.3, 0.4) is 0 Å². The molecule has 0 spiro atoms. The summed E-state index contributed by atoms with van der Waals surface area (Å²) >= 11 is 1.60. The molecule has 0 aliphatic carbocycles. The van der Waals surface area contributed by atoms with Crippen LogP contribution < -0.4 is 19.5 Å². The van der Waals surface area contributed by atoms with Gasteiger partial charge in [-0.1, -0.05) is 42.1 Å². The van der Waals surface area contributed by atoms with Crippen molar-refractivity contribution < 1.29 is 19.0 Å². The molecule has 28 heavy (non-hydrogen) atoms. The molecule has 0 aromatic heterocycles. The quantitative estimate of drug-likeness (QED) is 0.670. The average Bonchev–Trinajstić information content (AvgIpc) is 2.75. The van der Waals surface area contributed by atoms with Gasteiger partial charge in [0.05, 0.1) is 12.8 Å². The van der Waals surface area contributed by atoms with Crippen molar-refractivity contribution in [2.24, 2.45) is 0 Å². The number of carbonyl (C=O) groups excluding carboxylic acids is 1. The number of fused-ring (bicyclic) bond motifs is 1. The first-order valence-corrected chi connectivity index (χ1v) is 9.67. The molecule has 0 radical (unpaired) electrons. The second kappa shape index (κ2) is 8.27. The molecule has 0 saturated carbocycles.